The van der Waals surface area contributed by atoms with Gasteiger partial charge in [0.15, 0.2) is 11.2 Å². The molecule has 0 amide bonds. The molecular formula is C36H44O13. The van der Waals surface area contributed by atoms with Gasteiger partial charge in [0, 0.05) is 53.1 Å². The third-order valence-corrected chi connectivity index (χ3v) is 13.8. The van der Waals surface area contributed by atoms with E-state index in [0.717, 1.165) is 0 Å². The van der Waals surface area contributed by atoms with Crippen LogP contribution in [0.3, 0.4) is 0 Å². The number of rotatable bonds is 6. The van der Waals surface area contributed by atoms with Gasteiger partial charge in [0.1, 0.15) is 35.3 Å². The topological polar surface area (TPSA) is 192 Å². The Labute approximate surface area is 283 Å². The van der Waals surface area contributed by atoms with Gasteiger partial charge in [-0.25, -0.2) is 9.59 Å². The third-order valence-electron chi connectivity index (χ3n) is 13.8. The maximum Gasteiger partial charge on any atom is 0.338 e. The van der Waals surface area contributed by atoms with Crippen LogP contribution in [0.5, 0.6) is 0 Å². The number of fused-ring (bicyclic) bond motifs is 2. The largest absolute Gasteiger partial charge is 0.512 e. The standard InChI is InChI=1S/C36H44O13/c1-9-17(2)26(40)47-29-31(6)16-34(48-19(4)38)32(7,21(31)14-22(39)44-8)33-12-11-30(5)24(36(33,49-33)28(42)35(29,34)43)23(18(3)37)27(41)46-25(30)20-10-13-45-15-20/h9-10,13,15,21,24-25,28-29,37,42-43H,11-12,14,16H2,1-8H3/b17-9-,23-18?/t21-,24?,25-,28+,29?,30+,31?,32?,33-,34?,35-,36+/m0/s1. The maximum absolute atomic E-state index is 13.9. The van der Waals surface area contributed by atoms with E-state index in [-0.39, 0.29) is 36.2 Å². The van der Waals surface area contributed by atoms with Crippen molar-refractivity contribution in [2.75, 3.05) is 7.11 Å². The van der Waals surface area contributed by atoms with Gasteiger partial charge in [-0.15, -0.1) is 0 Å². The quantitative estimate of drug-likeness (QED) is 0.130. The average molecular weight is 685 g/mol. The molecule has 0 radical (unpaired) electrons. The Morgan fingerprint density at radius 1 is 1.10 bits per heavy atom. The molecule has 2 aliphatic heterocycles. The van der Waals surface area contributed by atoms with E-state index in [1.54, 1.807) is 39.8 Å². The number of ether oxygens (including phenoxy) is 5. The Morgan fingerprint density at radius 3 is 2.37 bits per heavy atom. The molecule has 1 aromatic heterocycles. The van der Waals surface area contributed by atoms with Crippen LogP contribution in [0.4, 0.5) is 0 Å². The molecule has 2 bridgehead atoms. The minimum atomic E-state index is -2.52. The summed E-state index contributed by atoms with van der Waals surface area (Å²) >= 11 is 0. The van der Waals surface area contributed by atoms with E-state index in [0.29, 0.717) is 12.0 Å². The number of aliphatic hydroxyl groups excluding tert-OH is 2. The molecule has 12 atom stereocenters. The molecule has 4 aliphatic carbocycles. The lowest BCUT2D eigenvalue weighted by molar-refractivity contribution is -0.333. The molecule has 0 aromatic carbocycles. The zero-order valence-corrected chi connectivity index (χ0v) is 28.9. The number of cyclic esters (lactones) is 1. The lowest BCUT2D eigenvalue weighted by Crippen LogP contribution is -2.86. The molecule has 13 heteroatoms. The van der Waals surface area contributed by atoms with E-state index in [1.165, 1.54) is 33.5 Å². The van der Waals surface area contributed by atoms with E-state index < -0.39 is 92.7 Å². The Morgan fingerprint density at radius 2 is 1.80 bits per heavy atom. The number of carbonyl (C=O) groups is 4. The summed E-state index contributed by atoms with van der Waals surface area (Å²) in [4.78, 5) is 53.8. The van der Waals surface area contributed by atoms with Crippen molar-refractivity contribution in [3.63, 3.8) is 0 Å². The highest BCUT2D eigenvalue weighted by molar-refractivity contribution is 5.92. The number of hydrogen-bond acceptors (Lipinski definition) is 13. The molecule has 13 nitrogen and oxygen atoms in total. The van der Waals surface area contributed by atoms with Crippen LogP contribution >= 0.6 is 0 Å². The zero-order chi connectivity index (χ0) is 35.9. The van der Waals surface area contributed by atoms with E-state index in [2.05, 4.69) is 0 Å². The number of methoxy groups -OCH3 is 1. The molecule has 3 N–H and O–H groups in total. The van der Waals surface area contributed by atoms with Crippen LogP contribution in [-0.2, 0) is 42.9 Å². The van der Waals surface area contributed by atoms with E-state index >= 15 is 0 Å². The number of aliphatic hydroxyl groups is 3. The van der Waals surface area contributed by atoms with Crippen molar-refractivity contribution in [1.29, 1.82) is 0 Å². The van der Waals surface area contributed by atoms with Gasteiger partial charge >= 0.3 is 23.9 Å². The van der Waals surface area contributed by atoms with Gasteiger partial charge in [-0.3, -0.25) is 9.59 Å². The zero-order valence-electron chi connectivity index (χ0n) is 28.9. The van der Waals surface area contributed by atoms with Crippen LogP contribution in [0.25, 0.3) is 0 Å². The molecule has 0 spiro atoms. The minimum Gasteiger partial charge on any atom is -0.512 e. The fourth-order valence-electron chi connectivity index (χ4n) is 11.9. The van der Waals surface area contributed by atoms with Crippen molar-refractivity contribution in [2.45, 2.75) is 115 Å². The van der Waals surface area contributed by atoms with Crippen molar-refractivity contribution < 1.29 is 62.6 Å². The SMILES string of the molecule is C/C=C(/C)C(=O)OC1C2(C)CC3(OC(C)=O)C(C)([C@H]2CC(=O)OC)[C@@]24CC[C@]5(C)C(C(=C(C)O)C(=O)O[C@H]5c5ccoc5)[C@@]2(O4)[C@H](O)[C@]13O. The van der Waals surface area contributed by atoms with Crippen molar-refractivity contribution >= 4 is 23.9 Å². The highest BCUT2D eigenvalue weighted by Gasteiger charge is 3.04. The molecule has 6 aliphatic rings. The highest BCUT2D eigenvalue weighted by Crippen LogP contribution is 2.90. The van der Waals surface area contributed by atoms with Crippen LogP contribution in [-0.4, -0.2) is 80.9 Å². The number of allylic oxidation sites excluding steroid dienone is 2. The second-order valence-electron chi connectivity index (χ2n) is 15.6. The fraction of sp³-hybridized carbons (Fsp3) is 0.667. The lowest BCUT2D eigenvalue weighted by atomic mass is 9.36. The first-order valence-corrected chi connectivity index (χ1v) is 16.7. The summed E-state index contributed by atoms with van der Waals surface area (Å²) in [6.45, 7) is 11.1. The third kappa shape index (κ3) is 3.47. The van der Waals surface area contributed by atoms with Gasteiger partial charge in [-0.05, 0) is 45.6 Å². The van der Waals surface area contributed by atoms with Crippen molar-refractivity contribution in [3.8, 4) is 0 Å². The summed E-state index contributed by atoms with van der Waals surface area (Å²) in [6.07, 6.45) is 0.357. The van der Waals surface area contributed by atoms with Gasteiger partial charge in [0.2, 0.25) is 0 Å². The van der Waals surface area contributed by atoms with Gasteiger partial charge in [0.05, 0.1) is 25.2 Å². The second kappa shape index (κ2) is 9.97. The van der Waals surface area contributed by atoms with Crippen LogP contribution in [0, 0.1) is 28.1 Å². The molecule has 7 rings (SSSR count). The van der Waals surface area contributed by atoms with Crippen LogP contribution in [0.1, 0.15) is 85.8 Å². The Kier molecular flexibility index (Phi) is 6.88. The highest BCUT2D eigenvalue weighted by atomic mass is 16.7. The summed E-state index contributed by atoms with van der Waals surface area (Å²) in [5.74, 6) is -5.18. The smallest absolute Gasteiger partial charge is 0.338 e. The Hall–Kier alpha value is -3.68. The van der Waals surface area contributed by atoms with Crippen molar-refractivity contribution in [1.82, 2.24) is 0 Å². The summed E-state index contributed by atoms with van der Waals surface area (Å²) < 4.78 is 35.9. The maximum atomic E-state index is 13.9. The van der Waals surface area contributed by atoms with Gasteiger partial charge < -0.3 is 43.4 Å². The minimum absolute atomic E-state index is 0.0807. The van der Waals surface area contributed by atoms with Gasteiger partial charge in [-0.2, -0.15) is 0 Å². The Balaban J connectivity index is 1.53. The first-order chi connectivity index (χ1) is 22.8. The normalized spacial score (nSPS) is 48.4. The summed E-state index contributed by atoms with van der Waals surface area (Å²) in [5, 5.41) is 37.5. The van der Waals surface area contributed by atoms with E-state index in [9.17, 15) is 34.5 Å². The summed E-state index contributed by atoms with van der Waals surface area (Å²) in [6, 6.07) is 1.67. The van der Waals surface area contributed by atoms with Gasteiger partial charge in [0.25, 0.3) is 0 Å². The Bertz CT molecular complexity index is 1720. The number of furan rings is 1. The van der Waals surface area contributed by atoms with Crippen LogP contribution < -0.4 is 0 Å². The monoisotopic (exact) mass is 684 g/mol. The number of hydrogen-bond donors (Lipinski definition) is 3. The van der Waals surface area contributed by atoms with E-state index in [1.807, 2.05) is 6.92 Å². The summed E-state index contributed by atoms with van der Waals surface area (Å²) in [7, 11) is 1.25. The molecule has 2 saturated heterocycles. The number of esters is 4. The molecular weight excluding hydrogens is 640 g/mol. The molecule has 4 saturated carbocycles. The first kappa shape index (κ1) is 33.8. The average Bonchev–Trinajstić information content (AvgIpc) is 3.26. The van der Waals surface area contributed by atoms with E-state index in [4.69, 9.17) is 28.1 Å². The number of carbonyl (C=O) groups excluding carboxylic acids is 4. The first-order valence-electron chi connectivity index (χ1n) is 16.7. The molecule has 3 heterocycles. The molecule has 266 valence electrons. The van der Waals surface area contributed by atoms with Crippen molar-refractivity contribution in [2.24, 2.45) is 28.1 Å². The molecule has 1 aromatic rings. The lowest BCUT2D eigenvalue weighted by Gasteiger charge is -2.68. The second-order valence-corrected chi connectivity index (χ2v) is 15.6. The van der Waals surface area contributed by atoms with Crippen LogP contribution in [0.15, 0.2) is 46.0 Å². The van der Waals surface area contributed by atoms with Gasteiger partial charge in [-0.1, -0.05) is 26.8 Å². The predicted molar refractivity (Wildman–Crippen MR) is 166 cm³/mol. The fourth-order valence-corrected chi connectivity index (χ4v) is 11.9. The molecule has 5 unspecified atom stereocenters. The number of epoxide rings is 1. The summed E-state index contributed by atoms with van der Waals surface area (Å²) in [5.41, 5.74) is -10.7. The predicted octanol–water partition coefficient (Wildman–Crippen LogP) is 3.53. The van der Waals surface area contributed by atoms with Crippen LogP contribution in [0.2, 0.25) is 0 Å². The molecule has 6 fully saturated rings. The molecule has 49 heavy (non-hydrogen) atoms. The van der Waals surface area contributed by atoms with Crippen molar-refractivity contribution in [3.05, 3.63) is 47.1 Å².